The van der Waals surface area contributed by atoms with E-state index in [0.29, 0.717) is 22.6 Å². The predicted octanol–water partition coefficient (Wildman–Crippen LogP) is 2.37. The van der Waals surface area contributed by atoms with Gasteiger partial charge in [-0.25, -0.2) is 4.79 Å². The number of halogens is 3. The highest BCUT2D eigenvalue weighted by Crippen LogP contribution is 2.32. The Hall–Kier alpha value is -3.14. The van der Waals surface area contributed by atoms with Crippen molar-refractivity contribution in [1.29, 1.82) is 0 Å². The topological polar surface area (TPSA) is 107 Å². The maximum atomic E-state index is 12.7. The fourth-order valence-corrected chi connectivity index (χ4v) is 2.50. The van der Waals surface area contributed by atoms with E-state index in [4.69, 9.17) is 10.5 Å². The molecule has 2 aromatic heterocycles. The van der Waals surface area contributed by atoms with E-state index in [1.54, 1.807) is 6.07 Å². The van der Waals surface area contributed by atoms with Gasteiger partial charge in [-0.1, -0.05) is 17.3 Å². The lowest BCUT2D eigenvalue weighted by atomic mass is 10.0. The smallest absolute Gasteiger partial charge is 0.439 e. The summed E-state index contributed by atoms with van der Waals surface area (Å²) < 4.78 is 48.3. The Morgan fingerprint density at radius 2 is 1.93 bits per heavy atom. The van der Waals surface area contributed by atoms with Crippen LogP contribution in [0.2, 0.25) is 0 Å². The van der Waals surface area contributed by atoms with Gasteiger partial charge in [0.15, 0.2) is 5.82 Å². The van der Waals surface area contributed by atoms with Gasteiger partial charge in [0, 0.05) is 19.2 Å². The lowest BCUT2D eigenvalue weighted by molar-refractivity contribution is -0.137. The molecule has 0 fully saturated rings. The summed E-state index contributed by atoms with van der Waals surface area (Å²) in [4.78, 5) is 18.0. The number of benzene rings is 1. The normalized spacial score (nSPS) is 11.6. The quantitative estimate of drug-likeness (QED) is 0.680. The summed E-state index contributed by atoms with van der Waals surface area (Å²) in [5, 5.41) is 3.66. The monoisotopic (exact) mass is 380 g/mol. The number of hydrogen-bond donors (Lipinski definition) is 2. The van der Waals surface area contributed by atoms with Crippen LogP contribution < -0.4 is 16.2 Å². The van der Waals surface area contributed by atoms with Crippen molar-refractivity contribution in [2.75, 3.05) is 13.2 Å². The van der Waals surface area contributed by atoms with Crippen LogP contribution in [0, 0.1) is 0 Å². The van der Waals surface area contributed by atoms with Crippen molar-refractivity contribution in [3.05, 3.63) is 63.9 Å². The summed E-state index contributed by atoms with van der Waals surface area (Å²) in [6.07, 6.45) is -2.72. The first-order chi connectivity index (χ1) is 12.9. The highest BCUT2D eigenvalue weighted by Gasteiger charge is 2.30. The summed E-state index contributed by atoms with van der Waals surface area (Å²) in [6, 6.07) is 6.32. The maximum Gasteiger partial charge on any atom is 0.439 e. The lowest BCUT2D eigenvalue weighted by Gasteiger charge is -2.13. The molecule has 10 heteroatoms. The van der Waals surface area contributed by atoms with E-state index >= 15 is 0 Å². The van der Waals surface area contributed by atoms with Crippen molar-refractivity contribution in [2.24, 2.45) is 5.73 Å². The van der Waals surface area contributed by atoms with Gasteiger partial charge in [-0.15, -0.1) is 0 Å². The van der Waals surface area contributed by atoms with Crippen molar-refractivity contribution in [3.8, 4) is 17.1 Å². The highest BCUT2D eigenvalue weighted by atomic mass is 19.4. The molecular weight excluding hydrogens is 365 g/mol. The molecule has 1 aromatic carbocycles. The number of ether oxygens (including phenoxy) is 1. The minimum Gasteiger partial charge on any atom is -0.491 e. The van der Waals surface area contributed by atoms with Crippen molar-refractivity contribution in [1.82, 2.24) is 15.1 Å². The van der Waals surface area contributed by atoms with Crippen LogP contribution in [0.4, 0.5) is 13.2 Å². The Morgan fingerprint density at radius 1 is 1.19 bits per heavy atom. The first-order valence-electron chi connectivity index (χ1n) is 7.91. The molecule has 0 aliphatic heterocycles. The molecule has 0 saturated heterocycles. The molecule has 0 atom stereocenters. The minimum absolute atomic E-state index is 0.113. The van der Waals surface area contributed by atoms with Gasteiger partial charge in [-0.2, -0.15) is 13.2 Å². The van der Waals surface area contributed by atoms with Crippen molar-refractivity contribution < 1.29 is 22.4 Å². The zero-order chi connectivity index (χ0) is 19.4. The number of aromatic nitrogens is 3. The molecule has 142 valence electrons. The molecular formula is C17H15F3N4O3. The van der Waals surface area contributed by atoms with Crippen LogP contribution >= 0.6 is 0 Å². The van der Waals surface area contributed by atoms with Crippen molar-refractivity contribution >= 4 is 0 Å². The Bertz CT molecular complexity index is 965. The number of alkyl halides is 3. The number of nitrogens with one attached hydrogen (secondary N) is 1. The second-order valence-electron chi connectivity index (χ2n) is 5.58. The Kier molecular flexibility index (Phi) is 5.26. The van der Waals surface area contributed by atoms with Crippen LogP contribution in [-0.2, 0) is 12.6 Å². The van der Waals surface area contributed by atoms with Gasteiger partial charge in [0.05, 0.1) is 16.8 Å². The van der Waals surface area contributed by atoms with E-state index in [9.17, 15) is 18.0 Å². The van der Waals surface area contributed by atoms with E-state index in [1.807, 2.05) is 0 Å². The summed E-state index contributed by atoms with van der Waals surface area (Å²) in [5.41, 5.74) is 6.15. The third-order valence-electron chi connectivity index (χ3n) is 3.70. The van der Waals surface area contributed by atoms with E-state index in [2.05, 4.69) is 19.6 Å². The van der Waals surface area contributed by atoms with Crippen LogP contribution in [0.5, 0.6) is 5.75 Å². The zero-order valence-corrected chi connectivity index (χ0v) is 13.9. The second-order valence-corrected chi connectivity index (χ2v) is 5.58. The zero-order valence-electron chi connectivity index (χ0n) is 13.9. The molecule has 0 saturated carbocycles. The van der Waals surface area contributed by atoms with Gasteiger partial charge in [-0.3, -0.25) is 14.5 Å². The molecule has 0 amide bonds. The van der Waals surface area contributed by atoms with Crippen LogP contribution in [0.1, 0.15) is 16.8 Å². The molecule has 0 radical (unpaired) electrons. The SMILES string of the molecule is NCCOc1ccnc(Cc2ccc(C(F)(F)F)cc2)c1-c1noc(=O)[nH]1. The van der Waals surface area contributed by atoms with E-state index in [1.165, 1.54) is 18.3 Å². The standard InChI is InChI=1S/C17H15F3N4O3/c18-17(19,20)11-3-1-10(2-4-11)9-12-14(15-23-16(25)27-24-15)13(5-7-22-12)26-8-6-21/h1-5,7H,6,8-9,21H2,(H,23,24,25). The first kappa shape index (κ1) is 18.6. The number of hydrogen-bond acceptors (Lipinski definition) is 6. The molecule has 0 aliphatic rings. The highest BCUT2D eigenvalue weighted by molar-refractivity contribution is 5.66. The maximum absolute atomic E-state index is 12.7. The number of nitrogens with zero attached hydrogens (tertiary/aromatic N) is 2. The fourth-order valence-electron chi connectivity index (χ4n) is 2.50. The van der Waals surface area contributed by atoms with Crippen molar-refractivity contribution in [2.45, 2.75) is 12.6 Å². The summed E-state index contributed by atoms with van der Waals surface area (Å²) in [7, 11) is 0. The average Bonchev–Trinajstić information content (AvgIpc) is 3.05. The molecule has 7 nitrogen and oxygen atoms in total. The largest absolute Gasteiger partial charge is 0.491 e. The van der Waals surface area contributed by atoms with Crippen LogP contribution in [0.25, 0.3) is 11.4 Å². The lowest BCUT2D eigenvalue weighted by Crippen LogP contribution is -2.12. The third kappa shape index (κ3) is 4.34. The second kappa shape index (κ2) is 7.62. The van der Waals surface area contributed by atoms with Gasteiger partial charge >= 0.3 is 11.9 Å². The summed E-state index contributed by atoms with van der Waals surface area (Å²) >= 11 is 0. The van der Waals surface area contributed by atoms with E-state index < -0.39 is 17.5 Å². The third-order valence-corrected chi connectivity index (χ3v) is 3.70. The number of pyridine rings is 1. The number of rotatable bonds is 6. The van der Waals surface area contributed by atoms with Gasteiger partial charge in [0.1, 0.15) is 12.4 Å². The Balaban J connectivity index is 1.98. The van der Waals surface area contributed by atoms with Crippen LogP contribution in [0.15, 0.2) is 45.8 Å². The van der Waals surface area contributed by atoms with Gasteiger partial charge < -0.3 is 10.5 Å². The molecule has 2 heterocycles. The van der Waals surface area contributed by atoms with E-state index in [0.717, 1.165) is 12.1 Å². The predicted molar refractivity (Wildman–Crippen MR) is 89.2 cm³/mol. The molecule has 0 bridgehead atoms. The Morgan fingerprint density at radius 3 is 2.52 bits per heavy atom. The Labute approximate surface area is 151 Å². The summed E-state index contributed by atoms with van der Waals surface area (Å²) in [5.74, 6) is -0.261. The van der Waals surface area contributed by atoms with Gasteiger partial charge in [0.2, 0.25) is 0 Å². The van der Waals surface area contributed by atoms with E-state index in [-0.39, 0.29) is 25.4 Å². The average molecular weight is 380 g/mol. The molecule has 3 rings (SSSR count). The summed E-state index contributed by atoms with van der Waals surface area (Å²) in [6.45, 7) is 0.490. The molecule has 3 aromatic rings. The molecule has 0 aliphatic carbocycles. The number of H-pyrrole nitrogens is 1. The van der Waals surface area contributed by atoms with Crippen molar-refractivity contribution in [3.63, 3.8) is 0 Å². The molecule has 27 heavy (non-hydrogen) atoms. The van der Waals surface area contributed by atoms with Gasteiger partial charge in [0.25, 0.3) is 0 Å². The molecule has 3 N–H and O–H groups in total. The molecule has 0 unspecified atom stereocenters. The minimum atomic E-state index is -4.40. The fraction of sp³-hybridized carbons (Fsp3) is 0.235. The van der Waals surface area contributed by atoms with Crippen LogP contribution in [0.3, 0.4) is 0 Å². The number of nitrogens with two attached hydrogens (primary N) is 1. The van der Waals surface area contributed by atoms with Crippen LogP contribution in [-0.4, -0.2) is 28.3 Å². The first-order valence-corrected chi connectivity index (χ1v) is 7.91. The molecule has 0 spiro atoms. The van der Waals surface area contributed by atoms with Gasteiger partial charge in [-0.05, 0) is 23.8 Å². The number of aromatic amines is 1.